The maximum absolute atomic E-state index is 6.57. The summed E-state index contributed by atoms with van der Waals surface area (Å²) in [7, 11) is 0. The highest BCUT2D eigenvalue weighted by atomic mass is 15.1. The van der Waals surface area contributed by atoms with Gasteiger partial charge >= 0.3 is 0 Å². The van der Waals surface area contributed by atoms with Crippen molar-refractivity contribution in [1.82, 2.24) is 4.90 Å². The Bertz CT molecular complexity index is 290. The molecule has 2 atom stereocenters. The van der Waals surface area contributed by atoms with Gasteiger partial charge in [-0.15, -0.1) is 0 Å². The molecule has 3 aliphatic rings. The van der Waals surface area contributed by atoms with E-state index in [1.807, 2.05) is 0 Å². The second-order valence-electron chi connectivity index (χ2n) is 8.27. The van der Waals surface area contributed by atoms with Crippen molar-refractivity contribution in [2.24, 2.45) is 28.9 Å². The van der Waals surface area contributed by atoms with Crippen molar-refractivity contribution in [1.29, 1.82) is 0 Å². The first-order valence-corrected chi connectivity index (χ1v) is 8.52. The third kappa shape index (κ3) is 3.72. The Morgan fingerprint density at radius 3 is 2.05 bits per heavy atom. The number of hydrogen-bond donors (Lipinski definition) is 1. The van der Waals surface area contributed by atoms with Crippen LogP contribution in [0.4, 0.5) is 0 Å². The molecule has 0 aromatic rings. The average molecular weight is 264 g/mol. The molecule has 0 amide bonds. The molecule has 2 heteroatoms. The molecule has 0 saturated heterocycles. The molecule has 0 spiro atoms. The molecular weight excluding hydrogens is 232 g/mol. The fourth-order valence-electron chi connectivity index (χ4n) is 3.90. The largest absolute Gasteiger partial charge is 0.327 e. The van der Waals surface area contributed by atoms with Crippen molar-refractivity contribution in [3.05, 3.63) is 0 Å². The van der Waals surface area contributed by atoms with Crippen LogP contribution in [0.2, 0.25) is 0 Å². The summed E-state index contributed by atoms with van der Waals surface area (Å²) in [6, 6.07) is 0.405. The Labute approximate surface area is 119 Å². The minimum atomic E-state index is 0.355. The van der Waals surface area contributed by atoms with Gasteiger partial charge in [0.25, 0.3) is 0 Å². The number of hydrogen-bond acceptors (Lipinski definition) is 2. The second-order valence-corrected chi connectivity index (χ2v) is 8.27. The van der Waals surface area contributed by atoms with Crippen LogP contribution in [-0.2, 0) is 0 Å². The molecule has 0 bridgehead atoms. The fourth-order valence-corrected chi connectivity index (χ4v) is 3.90. The summed E-state index contributed by atoms with van der Waals surface area (Å²) in [5.41, 5.74) is 6.93. The summed E-state index contributed by atoms with van der Waals surface area (Å²) in [5, 5.41) is 0. The lowest BCUT2D eigenvalue weighted by Gasteiger charge is -2.43. The maximum atomic E-state index is 6.57. The van der Waals surface area contributed by atoms with E-state index in [4.69, 9.17) is 5.73 Å². The minimum Gasteiger partial charge on any atom is -0.327 e. The van der Waals surface area contributed by atoms with E-state index in [9.17, 15) is 0 Å². The Balaban J connectivity index is 1.56. The van der Waals surface area contributed by atoms with Gasteiger partial charge in [0.05, 0.1) is 0 Å². The molecule has 2 nitrogen and oxygen atoms in total. The third-order valence-corrected chi connectivity index (χ3v) is 5.73. The molecule has 3 saturated carbocycles. The molecule has 19 heavy (non-hydrogen) atoms. The summed E-state index contributed by atoms with van der Waals surface area (Å²) in [6.45, 7) is 8.74. The molecule has 110 valence electrons. The second kappa shape index (κ2) is 5.37. The van der Waals surface area contributed by atoms with E-state index in [2.05, 4.69) is 18.7 Å². The quantitative estimate of drug-likeness (QED) is 0.798. The standard InChI is InChI=1S/C17H32N2/c1-17(2)9-3-4-15(16(17)18)12-19(10-13-5-6-13)11-14-7-8-14/h13-16H,3-12,18H2,1-2H3. The van der Waals surface area contributed by atoms with Crippen molar-refractivity contribution in [3.8, 4) is 0 Å². The number of rotatable bonds is 6. The van der Waals surface area contributed by atoms with E-state index < -0.39 is 0 Å². The van der Waals surface area contributed by atoms with Gasteiger partial charge in [-0.3, -0.25) is 0 Å². The van der Waals surface area contributed by atoms with Gasteiger partial charge in [-0.25, -0.2) is 0 Å². The fraction of sp³-hybridized carbons (Fsp3) is 1.00. The first-order valence-electron chi connectivity index (χ1n) is 8.52. The molecule has 3 fully saturated rings. The first kappa shape index (κ1) is 13.9. The van der Waals surface area contributed by atoms with Crippen molar-refractivity contribution >= 4 is 0 Å². The third-order valence-electron chi connectivity index (χ3n) is 5.73. The maximum Gasteiger partial charge on any atom is 0.0131 e. The molecule has 3 aliphatic carbocycles. The van der Waals surface area contributed by atoms with E-state index in [0.29, 0.717) is 11.5 Å². The van der Waals surface area contributed by atoms with Gasteiger partial charge in [0, 0.05) is 25.7 Å². The van der Waals surface area contributed by atoms with Crippen LogP contribution in [0.3, 0.4) is 0 Å². The Morgan fingerprint density at radius 2 is 1.53 bits per heavy atom. The lowest BCUT2D eigenvalue weighted by atomic mass is 9.68. The molecule has 2 unspecified atom stereocenters. The highest BCUT2D eigenvalue weighted by Crippen LogP contribution is 2.39. The minimum absolute atomic E-state index is 0.355. The van der Waals surface area contributed by atoms with Gasteiger partial charge in [0.2, 0.25) is 0 Å². The van der Waals surface area contributed by atoms with Crippen molar-refractivity contribution in [3.63, 3.8) is 0 Å². The lowest BCUT2D eigenvalue weighted by Crippen LogP contribution is -2.50. The summed E-state index contributed by atoms with van der Waals surface area (Å²) in [6.07, 6.45) is 9.96. The summed E-state index contributed by atoms with van der Waals surface area (Å²) in [4.78, 5) is 2.78. The van der Waals surface area contributed by atoms with Crippen molar-refractivity contribution < 1.29 is 0 Å². The number of nitrogens with zero attached hydrogens (tertiary/aromatic N) is 1. The first-order chi connectivity index (χ1) is 9.04. The molecule has 0 radical (unpaired) electrons. The highest BCUT2D eigenvalue weighted by molar-refractivity contribution is 4.93. The molecule has 0 aromatic heterocycles. The van der Waals surface area contributed by atoms with E-state index >= 15 is 0 Å². The smallest absolute Gasteiger partial charge is 0.0131 e. The predicted octanol–water partition coefficient (Wildman–Crippen LogP) is 3.26. The van der Waals surface area contributed by atoms with Gasteiger partial charge in [0.15, 0.2) is 0 Å². The van der Waals surface area contributed by atoms with Crippen LogP contribution in [-0.4, -0.2) is 30.6 Å². The monoisotopic (exact) mass is 264 g/mol. The van der Waals surface area contributed by atoms with Crippen molar-refractivity contribution in [2.75, 3.05) is 19.6 Å². The van der Waals surface area contributed by atoms with Gasteiger partial charge in [-0.05, 0) is 61.7 Å². The van der Waals surface area contributed by atoms with Crippen LogP contribution >= 0.6 is 0 Å². The molecule has 2 N–H and O–H groups in total. The van der Waals surface area contributed by atoms with Crippen LogP contribution in [0.5, 0.6) is 0 Å². The zero-order valence-electron chi connectivity index (χ0n) is 12.9. The van der Waals surface area contributed by atoms with E-state index in [-0.39, 0.29) is 0 Å². The van der Waals surface area contributed by atoms with Crippen LogP contribution in [0.15, 0.2) is 0 Å². The van der Waals surface area contributed by atoms with Gasteiger partial charge in [0.1, 0.15) is 0 Å². The highest BCUT2D eigenvalue weighted by Gasteiger charge is 2.38. The van der Waals surface area contributed by atoms with E-state index in [1.54, 1.807) is 0 Å². The summed E-state index contributed by atoms with van der Waals surface area (Å²) >= 11 is 0. The Kier molecular flexibility index (Phi) is 3.92. The summed E-state index contributed by atoms with van der Waals surface area (Å²) < 4.78 is 0. The van der Waals surface area contributed by atoms with E-state index in [0.717, 1.165) is 17.8 Å². The lowest BCUT2D eigenvalue weighted by molar-refractivity contribution is 0.0982. The molecule has 0 heterocycles. The summed E-state index contributed by atoms with van der Waals surface area (Å²) in [5.74, 6) is 2.78. The molecule has 0 aliphatic heterocycles. The molecule has 3 rings (SSSR count). The van der Waals surface area contributed by atoms with Crippen LogP contribution in [0.1, 0.15) is 58.8 Å². The van der Waals surface area contributed by atoms with E-state index in [1.165, 1.54) is 64.6 Å². The van der Waals surface area contributed by atoms with Gasteiger partial charge < -0.3 is 10.6 Å². The van der Waals surface area contributed by atoms with Gasteiger partial charge in [-0.2, -0.15) is 0 Å². The van der Waals surface area contributed by atoms with Crippen molar-refractivity contribution in [2.45, 2.75) is 64.8 Å². The Hall–Kier alpha value is -0.0800. The normalized spacial score (nSPS) is 34.7. The zero-order valence-corrected chi connectivity index (χ0v) is 12.9. The Morgan fingerprint density at radius 1 is 0.947 bits per heavy atom. The zero-order chi connectivity index (χ0) is 13.5. The molecule has 0 aromatic carbocycles. The topological polar surface area (TPSA) is 29.3 Å². The number of nitrogens with two attached hydrogens (primary N) is 1. The average Bonchev–Trinajstić information content (AvgIpc) is 3.20. The van der Waals surface area contributed by atoms with Crippen LogP contribution < -0.4 is 5.73 Å². The predicted molar refractivity (Wildman–Crippen MR) is 81.0 cm³/mol. The SMILES string of the molecule is CC1(C)CCCC(CN(CC2CC2)CC2CC2)C1N. The van der Waals surface area contributed by atoms with Gasteiger partial charge in [-0.1, -0.05) is 20.3 Å². The van der Waals surface area contributed by atoms with Crippen LogP contribution in [0, 0.1) is 23.2 Å². The molecular formula is C17H32N2. The van der Waals surface area contributed by atoms with Crippen LogP contribution in [0.25, 0.3) is 0 Å².